The van der Waals surface area contributed by atoms with Crippen molar-refractivity contribution in [3.63, 3.8) is 0 Å². The number of carbonyl (C=O) groups is 1. The molecule has 0 fully saturated rings. The van der Waals surface area contributed by atoms with E-state index in [2.05, 4.69) is 37.7 Å². The molecule has 10 heteroatoms. The molecule has 4 aromatic rings. The lowest BCUT2D eigenvalue weighted by atomic mass is 10.1. The molecule has 0 spiro atoms. The topological polar surface area (TPSA) is 128 Å². The van der Waals surface area contributed by atoms with E-state index in [0.717, 1.165) is 24.8 Å². The Bertz CT molecular complexity index is 1350. The van der Waals surface area contributed by atoms with Crippen molar-refractivity contribution in [2.24, 2.45) is 0 Å². The SMILES string of the molecule is CC(CCCc1ccccc1)NC(=O)Nc1ccc2ncc(-c3ccc(OCCOCCOCCO)cc3)nc2n1. The summed E-state index contributed by atoms with van der Waals surface area (Å²) in [5.74, 6) is 1.12. The molecular weight excluding hydrogens is 522 g/mol. The number of aryl methyl sites for hydroxylation is 1. The fourth-order valence-electron chi connectivity index (χ4n) is 4.14. The van der Waals surface area contributed by atoms with Crippen LogP contribution in [0.1, 0.15) is 25.3 Å². The van der Waals surface area contributed by atoms with E-state index < -0.39 is 0 Å². The van der Waals surface area contributed by atoms with Crippen LogP contribution in [0.25, 0.3) is 22.4 Å². The van der Waals surface area contributed by atoms with Crippen molar-refractivity contribution < 1.29 is 24.1 Å². The van der Waals surface area contributed by atoms with Gasteiger partial charge in [-0.3, -0.25) is 10.3 Å². The normalized spacial score (nSPS) is 11.8. The Morgan fingerprint density at radius 1 is 0.902 bits per heavy atom. The number of aromatic nitrogens is 3. The van der Waals surface area contributed by atoms with Gasteiger partial charge in [0.05, 0.1) is 44.9 Å². The number of nitrogens with one attached hydrogen (secondary N) is 2. The van der Waals surface area contributed by atoms with Gasteiger partial charge in [-0.15, -0.1) is 0 Å². The second-order valence-corrected chi connectivity index (χ2v) is 9.49. The Morgan fingerprint density at radius 3 is 2.44 bits per heavy atom. The van der Waals surface area contributed by atoms with Gasteiger partial charge in [-0.1, -0.05) is 30.3 Å². The average Bonchev–Trinajstić information content (AvgIpc) is 2.99. The standard InChI is InChI=1S/C31H37N5O5/c1-23(6-5-9-24-7-3-2-4-8-24)33-31(38)36-29-15-14-27-30(35-29)34-28(22-32-27)25-10-12-26(13-11-25)41-21-20-40-19-18-39-17-16-37/h2-4,7-8,10-15,22-23,37H,5-6,9,16-21H2,1H3,(H2,33,34,35,36,38). The number of benzene rings is 2. The lowest BCUT2D eigenvalue weighted by Crippen LogP contribution is -2.36. The highest BCUT2D eigenvalue weighted by atomic mass is 16.5. The van der Waals surface area contributed by atoms with Crippen molar-refractivity contribution in [3.8, 4) is 17.0 Å². The lowest BCUT2D eigenvalue weighted by molar-refractivity contribution is 0.0247. The van der Waals surface area contributed by atoms with Crippen molar-refractivity contribution in [1.29, 1.82) is 0 Å². The van der Waals surface area contributed by atoms with Gasteiger partial charge < -0.3 is 24.6 Å². The molecule has 4 rings (SSSR count). The Kier molecular flexibility index (Phi) is 11.8. The summed E-state index contributed by atoms with van der Waals surface area (Å²) in [5.41, 5.74) is 3.91. The first kappa shape index (κ1) is 29.9. The summed E-state index contributed by atoms with van der Waals surface area (Å²) in [6, 6.07) is 21.1. The van der Waals surface area contributed by atoms with Crippen molar-refractivity contribution in [2.45, 2.75) is 32.2 Å². The van der Waals surface area contributed by atoms with Crippen LogP contribution in [0.5, 0.6) is 5.75 Å². The second-order valence-electron chi connectivity index (χ2n) is 9.49. The molecule has 2 aromatic heterocycles. The molecule has 2 aromatic carbocycles. The summed E-state index contributed by atoms with van der Waals surface area (Å²) in [4.78, 5) is 26.2. The quantitative estimate of drug-likeness (QED) is 0.170. The first-order valence-electron chi connectivity index (χ1n) is 13.9. The van der Waals surface area contributed by atoms with Crippen LogP contribution in [0.3, 0.4) is 0 Å². The van der Waals surface area contributed by atoms with Gasteiger partial charge in [-0.25, -0.2) is 14.8 Å². The third-order valence-corrected chi connectivity index (χ3v) is 6.23. The summed E-state index contributed by atoms with van der Waals surface area (Å²) >= 11 is 0. The van der Waals surface area contributed by atoms with Crippen molar-refractivity contribution in [3.05, 3.63) is 78.5 Å². The van der Waals surface area contributed by atoms with Crippen LogP contribution in [0.2, 0.25) is 0 Å². The average molecular weight is 560 g/mol. The number of amides is 2. The van der Waals surface area contributed by atoms with E-state index in [4.69, 9.17) is 19.3 Å². The molecule has 10 nitrogen and oxygen atoms in total. The summed E-state index contributed by atoms with van der Waals surface area (Å²) in [5, 5.41) is 14.5. The fourth-order valence-corrected chi connectivity index (χ4v) is 4.14. The van der Waals surface area contributed by atoms with Gasteiger partial charge in [0.15, 0.2) is 5.65 Å². The number of hydrogen-bond acceptors (Lipinski definition) is 8. The number of ether oxygens (including phenoxy) is 3. The molecular formula is C31H37N5O5. The van der Waals surface area contributed by atoms with Crippen molar-refractivity contribution in [2.75, 3.05) is 45.0 Å². The third kappa shape index (κ3) is 10.1. The van der Waals surface area contributed by atoms with Crippen LogP contribution in [-0.4, -0.2) is 71.8 Å². The number of aliphatic hydroxyl groups is 1. The lowest BCUT2D eigenvalue weighted by Gasteiger charge is -2.14. The van der Waals surface area contributed by atoms with E-state index >= 15 is 0 Å². The molecule has 0 bridgehead atoms. The smallest absolute Gasteiger partial charge is 0.320 e. The molecule has 1 unspecified atom stereocenters. The highest BCUT2D eigenvalue weighted by molar-refractivity contribution is 5.89. The van der Waals surface area contributed by atoms with Crippen molar-refractivity contribution in [1.82, 2.24) is 20.3 Å². The molecule has 2 amide bonds. The molecule has 41 heavy (non-hydrogen) atoms. The first-order valence-corrected chi connectivity index (χ1v) is 13.9. The maximum absolute atomic E-state index is 12.5. The molecule has 2 heterocycles. The highest BCUT2D eigenvalue weighted by Gasteiger charge is 2.10. The van der Waals surface area contributed by atoms with E-state index in [9.17, 15) is 4.79 Å². The van der Waals surface area contributed by atoms with Crippen LogP contribution in [0.4, 0.5) is 10.6 Å². The molecule has 216 valence electrons. The minimum absolute atomic E-state index is 0.00719. The number of aliphatic hydroxyl groups excluding tert-OH is 1. The van der Waals surface area contributed by atoms with Gasteiger partial charge in [-0.2, -0.15) is 0 Å². The van der Waals surface area contributed by atoms with Gasteiger partial charge in [0.25, 0.3) is 0 Å². The molecule has 3 N–H and O–H groups in total. The van der Waals surface area contributed by atoms with E-state index in [1.165, 1.54) is 5.56 Å². The molecule has 0 radical (unpaired) electrons. The summed E-state index contributed by atoms with van der Waals surface area (Å²) in [7, 11) is 0. The largest absolute Gasteiger partial charge is 0.491 e. The number of rotatable bonds is 16. The second kappa shape index (κ2) is 16.2. The number of fused-ring (bicyclic) bond motifs is 1. The number of nitrogens with zero attached hydrogens (tertiary/aromatic N) is 3. The van der Waals surface area contributed by atoms with Gasteiger partial charge in [-0.05, 0) is 68.1 Å². The van der Waals surface area contributed by atoms with Crippen LogP contribution >= 0.6 is 0 Å². The Hall–Kier alpha value is -4.12. The maximum Gasteiger partial charge on any atom is 0.320 e. The summed E-state index contributed by atoms with van der Waals surface area (Å²) in [6.07, 6.45) is 4.54. The van der Waals surface area contributed by atoms with E-state index in [0.29, 0.717) is 61.5 Å². The van der Waals surface area contributed by atoms with Crippen molar-refractivity contribution >= 4 is 23.0 Å². The molecule has 0 aliphatic rings. The van der Waals surface area contributed by atoms with Gasteiger partial charge in [0.2, 0.25) is 0 Å². The summed E-state index contributed by atoms with van der Waals surface area (Å²) < 4.78 is 16.3. The minimum atomic E-state index is -0.302. The highest BCUT2D eigenvalue weighted by Crippen LogP contribution is 2.22. The number of hydrogen-bond donors (Lipinski definition) is 3. The Balaban J connectivity index is 1.25. The predicted octanol–water partition coefficient (Wildman–Crippen LogP) is 4.63. The monoisotopic (exact) mass is 559 g/mol. The molecule has 1 atom stereocenters. The zero-order chi connectivity index (χ0) is 28.7. The summed E-state index contributed by atoms with van der Waals surface area (Å²) in [6.45, 7) is 4.06. The van der Waals surface area contributed by atoms with E-state index in [-0.39, 0.29) is 18.7 Å². The number of urea groups is 1. The van der Waals surface area contributed by atoms with E-state index in [1.54, 1.807) is 18.3 Å². The number of anilines is 1. The van der Waals surface area contributed by atoms with Crippen LogP contribution < -0.4 is 15.4 Å². The molecule has 0 aliphatic heterocycles. The van der Waals surface area contributed by atoms with Gasteiger partial charge in [0, 0.05) is 11.6 Å². The number of pyridine rings is 1. The van der Waals surface area contributed by atoms with Gasteiger partial charge >= 0.3 is 6.03 Å². The molecule has 0 aliphatic carbocycles. The van der Waals surface area contributed by atoms with Crippen LogP contribution in [-0.2, 0) is 15.9 Å². The Labute approximate surface area is 240 Å². The van der Waals surface area contributed by atoms with Crippen LogP contribution in [0, 0.1) is 0 Å². The molecule has 0 saturated heterocycles. The minimum Gasteiger partial charge on any atom is -0.491 e. The van der Waals surface area contributed by atoms with Crippen LogP contribution in [0.15, 0.2) is 72.9 Å². The predicted molar refractivity (Wildman–Crippen MR) is 158 cm³/mol. The number of carbonyl (C=O) groups excluding carboxylic acids is 1. The zero-order valence-electron chi connectivity index (χ0n) is 23.3. The first-order chi connectivity index (χ1) is 20.1. The fraction of sp³-hybridized carbons (Fsp3) is 0.355. The molecule has 0 saturated carbocycles. The third-order valence-electron chi connectivity index (χ3n) is 6.23. The maximum atomic E-state index is 12.5. The van der Waals surface area contributed by atoms with E-state index in [1.807, 2.05) is 49.4 Å². The Morgan fingerprint density at radius 2 is 1.66 bits per heavy atom. The van der Waals surface area contributed by atoms with Gasteiger partial charge in [0.1, 0.15) is 23.7 Å². The zero-order valence-corrected chi connectivity index (χ0v) is 23.3.